The van der Waals surface area contributed by atoms with Crippen LogP contribution in [0.25, 0.3) is 0 Å². The van der Waals surface area contributed by atoms with E-state index < -0.39 is 0 Å². The molecule has 1 saturated heterocycles. The summed E-state index contributed by atoms with van der Waals surface area (Å²) in [7, 11) is 0. The standard InChI is InChI=1S/C10H21NO2S/c1-9-7-11(8-10(2)13-9)5-4-6-12-14-3/h9-10H,4-8H2,1-3H3/t9-,10+. The van der Waals surface area contributed by atoms with Gasteiger partial charge in [-0.2, -0.15) is 0 Å². The molecular weight excluding hydrogens is 198 g/mol. The van der Waals surface area contributed by atoms with Crippen LogP contribution in [-0.4, -0.2) is 49.6 Å². The molecule has 0 saturated carbocycles. The summed E-state index contributed by atoms with van der Waals surface area (Å²) in [5.74, 6) is 0. The molecule has 0 aromatic rings. The zero-order chi connectivity index (χ0) is 10.4. The lowest BCUT2D eigenvalue weighted by molar-refractivity contribution is -0.0685. The third kappa shape index (κ3) is 4.64. The van der Waals surface area contributed by atoms with Crippen molar-refractivity contribution in [3.05, 3.63) is 0 Å². The van der Waals surface area contributed by atoms with Crippen molar-refractivity contribution < 1.29 is 8.92 Å². The Morgan fingerprint density at radius 1 is 1.36 bits per heavy atom. The predicted molar refractivity (Wildman–Crippen MR) is 60.5 cm³/mol. The van der Waals surface area contributed by atoms with E-state index in [1.807, 2.05) is 6.26 Å². The van der Waals surface area contributed by atoms with Crippen molar-refractivity contribution in [1.29, 1.82) is 0 Å². The van der Waals surface area contributed by atoms with Crippen molar-refractivity contribution in [2.75, 3.05) is 32.5 Å². The Hall–Kier alpha value is 0.230. The molecule has 0 bridgehead atoms. The summed E-state index contributed by atoms with van der Waals surface area (Å²) < 4.78 is 10.9. The van der Waals surface area contributed by atoms with Gasteiger partial charge in [0, 0.05) is 25.9 Å². The van der Waals surface area contributed by atoms with Crippen LogP contribution in [0.1, 0.15) is 20.3 Å². The number of hydrogen-bond donors (Lipinski definition) is 0. The molecule has 1 rings (SSSR count). The first-order chi connectivity index (χ1) is 6.72. The van der Waals surface area contributed by atoms with Gasteiger partial charge in [0.15, 0.2) is 0 Å². The van der Waals surface area contributed by atoms with Crippen molar-refractivity contribution >= 4 is 12.0 Å². The highest BCUT2D eigenvalue weighted by Crippen LogP contribution is 2.10. The second-order valence-corrected chi connectivity index (χ2v) is 4.43. The smallest absolute Gasteiger partial charge is 0.0678 e. The molecule has 0 N–H and O–H groups in total. The summed E-state index contributed by atoms with van der Waals surface area (Å²) in [6.45, 7) is 8.37. The third-order valence-corrected chi connectivity index (χ3v) is 2.72. The topological polar surface area (TPSA) is 21.7 Å². The summed E-state index contributed by atoms with van der Waals surface area (Å²) in [4.78, 5) is 2.46. The number of hydrogen-bond acceptors (Lipinski definition) is 4. The first-order valence-electron chi connectivity index (χ1n) is 5.25. The predicted octanol–water partition coefficient (Wildman–Crippen LogP) is 1.78. The second-order valence-electron chi connectivity index (χ2n) is 3.86. The maximum absolute atomic E-state index is 5.67. The maximum Gasteiger partial charge on any atom is 0.0678 e. The van der Waals surface area contributed by atoms with Gasteiger partial charge in [0.25, 0.3) is 0 Å². The number of nitrogens with zero attached hydrogens (tertiary/aromatic N) is 1. The minimum atomic E-state index is 0.375. The van der Waals surface area contributed by atoms with Crippen LogP contribution in [-0.2, 0) is 8.92 Å². The van der Waals surface area contributed by atoms with Gasteiger partial charge in [-0.05, 0) is 32.3 Å². The van der Waals surface area contributed by atoms with Crippen LogP contribution in [0.2, 0.25) is 0 Å². The molecule has 0 amide bonds. The Kier molecular flexibility index (Phi) is 5.86. The fourth-order valence-electron chi connectivity index (χ4n) is 1.90. The molecule has 0 radical (unpaired) electrons. The summed E-state index contributed by atoms with van der Waals surface area (Å²) >= 11 is 1.45. The molecule has 2 atom stereocenters. The van der Waals surface area contributed by atoms with Gasteiger partial charge in [-0.25, -0.2) is 0 Å². The molecular formula is C10H21NO2S. The van der Waals surface area contributed by atoms with Crippen molar-refractivity contribution in [3.63, 3.8) is 0 Å². The van der Waals surface area contributed by atoms with Gasteiger partial charge in [0.2, 0.25) is 0 Å². The van der Waals surface area contributed by atoms with Crippen molar-refractivity contribution in [3.8, 4) is 0 Å². The lowest BCUT2D eigenvalue weighted by atomic mass is 10.2. The van der Waals surface area contributed by atoms with Gasteiger partial charge in [-0.3, -0.25) is 4.90 Å². The van der Waals surface area contributed by atoms with E-state index in [2.05, 4.69) is 18.7 Å². The van der Waals surface area contributed by atoms with Crippen molar-refractivity contribution in [2.24, 2.45) is 0 Å². The molecule has 0 spiro atoms. The molecule has 0 aromatic carbocycles. The number of ether oxygens (including phenoxy) is 1. The fraction of sp³-hybridized carbons (Fsp3) is 1.00. The number of morpholine rings is 1. The zero-order valence-corrected chi connectivity index (χ0v) is 10.2. The van der Waals surface area contributed by atoms with Gasteiger partial charge in [0.05, 0.1) is 18.8 Å². The molecule has 1 aliphatic heterocycles. The fourth-order valence-corrected chi connectivity index (χ4v) is 2.18. The van der Waals surface area contributed by atoms with Gasteiger partial charge in [-0.1, -0.05) is 0 Å². The van der Waals surface area contributed by atoms with Crippen LogP contribution in [0.15, 0.2) is 0 Å². The Balaban J connectivity index is 2.10. The summed E-state index contributed by atoms with van der Waals surface area (Å²) in [6, 6.07) is 0. The average Bonchev–Trinajstić information content (AvgIpc) is 2.11. The van der Waals surface area contributed by atoms with E-state index in [0.717, 1.165) is 32.7 Å². The third-order valence-electron chi connectivity index (χ3n) is 2.32. The molecule has 0 aliphatic carbocycles. The normalized spacial score (nSPS) is 29.4. The van der Waals surface area contributed by atoms with Gasteiger partial charge < -0.3 is 8.92 Å². The molecule has 0 unspecified atom stereocenters. The van der Waals surface area contributed by atoms with Crippen molar-refractivity contribution in [2.45, 2.75) is 32.5 Å². The summed E-state index contributed by atoms with van der Waals surface area (Å²) in [6.07, 6.45) is 3.82. The van der Waals surface area contributed by atoms with E-state index >= 15 is 0 Å². The van der Waals surface area contributed by atoms with E-state index in [4.69, 9.17) is 8.92 Å². The molecule has 1 fully saturated rings. The highest BCUT2D eigenvalue weighted by atomic mass is 32.2. The molecule has 84 valence electrons. The highest BCUT2D eigenvalue weighted by Gasteiger charge is 2.21. The molecule has 1 heterocycles. The first-order valence-corrected chi connectivity index (χ1v) is 6.40. The largest absolute Gasteiger partial charge is 0.373 e. The molecule has 4 heteroatoms. The van der Waals surface area contributed by atoms with Crippen LogP contribution < -0.4 is 0 Å². The Morgan fingerprint density at radius 3 is 2.57 bits per heavy atom. The minimum Gasteiger partial charge on any atom is -0.373 e. The van der Waals surface area contributed by atoms with Crippen LogP contribution in [0.3, 0.4) is 0 Å². The SMILES string of the molecule is CSOCCCN1C[C@@H](C)O[C@@H](C)C1. The van der Waals surface area contributed by atoms with Crippen LogP contribution in [0.5, 0.6) is 0 Å². The maximum atomic E-state index is 5.67. The van der Waals surface area contributed by atoms with E-state index in [9.17, 15) is 0 Å². The monoisotopic (exact) mass is 219 g/mol. The zero-order valence-electron chi connectivity index (χ0n) is 9.36. The van der Waals surface area contributed by atoms with E-state index in [-0.39, 0.29) is 0 Å². The minimum absolute atomic E-state index is 0.375. The van der Waals surface area contributed by atoms with Crippen molar-refractivity contribution in [1.82, 2.24) is 4.90 Å². The van der Waals surface area contributed by atoms with E-state index in [1.165, 1.54) is 12.0 Å². The average molecular weight is 219 g/mol. The lowest BCUT2D eigenvalue weighted by Gasteiger charge is -2.35. The van der Waals surface area contributed by atoms with Gasteiger partial charge in [-0.15, -0.1) is 0 Å². The quantitative estimate of drug-likeness (QED) is 0.519. The number of rotatable bonds is 5. The first kappa shape index (κ1) is 12.3. The van der Waals surface area contributed by atoms with Gasteiger partial charge >= 0.3 is 0 Å². The lowest BCUT2D eigenvalue weighted by Crippen LogP contribution is -2.45. The van der Waals surface area contributed by atoms with Gasteiger partial charge in [0.1, 0.15) is 0 Å². The highest BCUT2D eigenvalue weighted by molar-refractivity contribution is 7.93. The Bertz CT molecular complexity index is 147. The van der Waals surface area contributed by atoms with Crippen LogP contribution >= 0.6 is 12.0 Å². The Labute approximate surface area is 91.3 Å². The summed E-state index contributed by atoms with van der Waals surface area (Å²) in [5.41, 5.74) is 0. The van der Waals surface area contributed by atoms with E-state index in [1.54, 1.807) is 0 Å². The molecule has 3 nitrogen and oxygen atoms in total. The molecule has 1 aliphatic rings. The molecule has 14 heavy (non-hydrogen) atoms. The Morgan fingerprint density at radius 2 is 2.00 bits per heavy atom. The van der Waals surface area contributed by atoms with Crippen LogP contribution in [0, 0.1) is 0 Å². The van der Waals surface area contributed by atoms with E-state index in [0.29, 0.717) is 12.2 Å². The summed E-state index contributed by atoms with van der Waals surface area (Å²) in [5, 5.41) is 0. The molecule has 0 aromatic heterocycles. The van der Waals surface area contributed by atoms with Crippen LogP contribution in [0.4, 0.5) is 0 Å². The second kappa shape index (κ2) is 6.67.